The third-order valence-electron chi connectivity index (χ3n) is 6.06. The molecule has 3 fully saturated rings. The molecule has 0 unspecified atom stereocenters. The predicted molar refractivity (Wildman–Crippen MR) is 86.1 cm³/mol. The van der Waals surface area contributed by atoms with Crippen molar-refractivity contribution >= 4 is 33.4 Å². The second-order valence-electron chi connectivity index (χ2n) is 7.10. The van der Waals surface area contributed by atoms with Gasteiger partial charge in [0.1, 0.15) is 0 Å². The van der Waals surface area contributed by atoms with Crippen LogP contribution in [-0.4, -0.2) is 11.8 Å². The molecule has 2 amide bonds. The number of anilines is 1. The monoisotopic (exact) mass is 357 g/mol. The maximum atomic E-state index is 13.0. The average Bonchev–Trinajstić information content (AvgIpc) is 3.28. The quantitative estimate of drug-likeness (QED) is 0.571. The summed E-state index contributed by atoms with van der Waals surface area (Å²) in [5.41, 5.74) is 1.76. The number of hydrogen-bond donors (Lipinski definition) is 0. The summed E-state index contributed by atoms with van der Waals surface area (Å²) in [5, 5.41) is 0. The summed E-state index contributed by atoms with van der Waals surface area (Å²) in [6.45, 7) is 1.98. The third-order valence-corrected chi connectivity index (χ3v) is 6.95. The molecule has 0 aromatic heterocycles. The van der Waals surface area contributed by atoms with Gasteiger partial charge in [0, 0.05) is 4.47 Å². The van der Waals surface area contributed by atoms with Crippen molar-refractivity contribution in [3.05, 3.63) is 40.4 Å². The van der Waals surface area contributed by atoms with Crippen LogP contribution in [0.2, 0.25) is 0 Å². The van der Waals surface area contributed by atoms with Crippen LogP contribution >= 0.6 is 15.9 Å². The Kier molecular flexibility index (Phi) is 2.44. The molecule has 1 saturated heterocycles. The number of carbonyl (C=O) groups is 2. The highest BCUT2D eigenvalue weighted by Gasteiger charge is 2.67. The zero-order chi connectivity index (χ0) is 15.2. The van der Waals surface area contributed by atoms with E-state index >= 15 is 0 Å². The molecule has 0 radical (unpaired) electrons. The molecular formula is C18H16BrNO2. The third kappa shape index (κ3) is 1.47. The highest BCUT2D eigenvalue weighted by molar-refractivity contribution is 9.10. The van der Waals surface area contributed by atoms with Crippen molar-refractivity contribution in [3.8, 4) is 0 Å². The molecular weight excluding hydrogens is 342 g/mol. The van der Waals surface area contributed by atoms with Gasteiger partial charge in [-0.1, -0.05) is 28.1 Å². The lowest BCUT2D eigenvalue weighted by molar-refractivity contribution is -0.124. The van der Waals surface area contributed by atoms with E-state index in [0.717, 1.165) is 15.7 Å². The molecule has 0 N–H and O–H groups in total. The Morgan fingerprint density at radius 3 is 2.18 bits per heavy atom. The van der Waals surface area contributed by atoms with E-state index in [9.17, 15) is 9.59 Å². The van der Waals surface area contributed by atoms with E-state index < -0.39 is 0 Å². The first-order chi connectivity index (χ1) is 10.6. The molecule has 3 nitrogen and oxygen atoms in total. The van der Waals surface area contributed by atoms with Crippen LogP contribution in [0.5, 0.6) is 0 Å². The Morgan fingerprint density at radius 2 is 1.64 bits per heavy atom. The second kappa shape index (κ2) is 4.10. The molecule has 112 valence electrons. The number of carbonyl (C=O) groups excluding carboxylic acids is 2. The van der Waals surface area contributed by atoms with Gasteiger partial charge in [0.05, 0.1) is 17.5 Å². The van der Waals surface area contributed by atoms with Crippen LogP contribution in [-0.2, 0) is 9.59 Å². The lowest BCUT2D eigenvalue weighted by Gasteiger charge is -2.37. The minimum atomic E-state index is -0.116. The molecule has 2 saturated carbocycles. The Bertz CT molecular complexity index is 719. The molecule has 6 rings (SSSR count). The zero-order valence-electron chi connectivity index (χ0n) is 12.2. The molecule has 1 aliphatic heterocycles. The highest BCUT2D eigenvalue weighted by atomic mass is 79.9. The number of imide groups is 1. The van der Waals surface area contributed by atoms with Crippen LogP contribution in [0.25, 0.3) is 0 Å². The van der Waals surface area contributed by atoms with Crippen molar-refractivity contribution in [1.82, 2.24) is 0 Å². The van der Waals surface area contributed by atoms with Crippen LogP contribution < -0.4 is 4.90 Å². The Hall–Kier alpha value is -1.42. The smallest absolute Gasteiger partial charge is 0.238 e. The SMILES string of the molecule is Cc1cc(N2C(=O)[C@@H]3[C@H]4C=C[C@@H]([C@@H]5C[C@@H]45)[C@@H]3C2=O)ccc1Br. The van der Waals surface area contributed by atoms with E-state index in [0.29, 0.717) is 11.8 Å². The molecule has 22 heavy (non-hydrogen) atoms. The number of amides is 2. The summed E-state index contributed by atoms with van der Waals surface area (Å²) in [7, 11) is 0. The number of aryl methyl sites for hydroxylation is 1. The number of benzene rings is 1. The highest BCUT2D eigenvalue weighted by Crippen LogP contribution is 2.65. The molecule has 6 atom stereocenters. The topological polar surface area (TPSA) is 37.4 Å². The van der Waals surface area contributed by atoms with Crippen molar-refractivity contribution in [2.45, 2.75) is 13.3 Å². The van der Waals surface area contributed by atoms with E-state index in [1.54, 1.807) is 0 Å². The average molecular weight is 358 g/mol. The maximum absolute atomic E-state index is 13.0. The lowest BCUT2D eigenvalue weighted by Crippen LogP contribution is -2.40. The Labute approximate surface area is 137 Å². The van der Waals surface area contributed by atoms with Crippen molar-refractivity contribution < 1.29 is 9.59 Å². The van der Waals surface area contributed by atoms with Crippen LogP contribution in [0, 0.1) is 42.4 Å². The first kappa shape index (κ1) is 13.1. The minimum absolute atomic E-state index is 0.0152. The Balaban J connectivity index is 1.58. The lowest BCUT2D eigenvalue weighted by atomic mass is 9.63. The van der Waals surface area contributed by atoms with Gasteiger partial charge in [0.25, 0.3) is 0 Å². The molecule has 1 aromatic carbocycles. The van der Waals surface area contributed by atoms with Gasteiger partial charge in [0.2, 0.25) is 11.8 Å². The van der Waals surface area contributed by atoms with Gasteiger partial charge in [0.15, 0.2) is 0 Å². The van der Waals surface area contributed by atoms with Crippen molar-refractivity contribution in [3.63, 3.8) is 0 Å². The largest absolute Gasteiger partial charge is 0.274 e. The fourth-order valence-corrected chi connectivity index (χ4v) is 5.23. The molecule has 1 aromatic rings. The van der Waals surface area contributed by atoms with Crippen molar-refractivity contribution in [2.75, 3.05) is 4.90 Å². The maximum Gasteiger partial charge on any atom is 0.238 e. The minimum Gasteiger partial charge on any atom is -0.274 e. The first-order valence-electron chi connectivity index (χ1n) is 7.90. The molecule has 4 heteroatoms. The van der Waals surface area contributed by atoms with Gasteiger partial charge >= 0.3 is 0 Å². The van der Waals surface area contributed by atoms with Gasteiger partial charge < -0.3 is 0 Å². The van der Waals surface area contributed by atoms with E-state index in [1.165, 1.54) is 11.3 Å². The van der Waals surface area contributed by atoms with Crippen LogP contribution in [0.15, 0.2) is 34.8 Å². The summed E-state index contributed by atoms with van der Waals surface area (Å²) in [6, 6.07) is 5.70. The van der Waals surface area contributed by atoms with Gasteiger partial charge in [-0.3, -0.25) is 14.5 Å². The van der Waals surface area contributed by atoms with Gasteiger partial charge in [-0.25, -0.2) is 0 Å². The molecule has 4 aliphatic carbocycles. The van der Waals surface area contributed by atoms with Gasteiger partial charge in [-0.15, -0.1) is 0 Å². The summed E-state index contributed by atoms with van der Waals surface area (Å²) in [6.07, 6.45) is 5.62. The van der Waals surface area contributed by atoms with Crippen molar-refractivity contribution in [1.29, 1.82) is 0 Å². The summed E-state index contributed by atoms with van der Waals surface area (Å²) in [4.78, 5) is 27.4. The van der Waals surface area contributed by atoms with Gasteiger partial charge in [-0.05, 0) is 60.8 Å². The number of rotatable bonds is 1. The normalized spacial score (nSPS) is 40.9. The fourth-order valence-electron chi connectivity index (χ4n) is 4.98. The van der Waals surface area contributed by atoms with Gasteiger partial charge in [-0.2, -0.15) is 0 Å². The van der Waals surface area contributed by atoms with E-state index in [4.69, 9.17) is 0 Å². The summed E-state index contributed by atoms with van der Waals surface area (Å²) < 4.78 is 0.996. The molecule has 2 bridgehead atoms. The van der Waals surface area contributed by atoms with Crippen LogP contribution in [0.1, 0.15) is 12.0 Å². The number of halogens is 1. The molecule has 0 spiro atoms. The van der Waals surface area contributed by atoms with Crippen molar-refractivity contribution in [2.24, 2.45) is 35.5 Å². The summed E-state index contributed by atoms with van der Waals surface area (Å²) in [5.74, 6) is 1.68. The van der Waals surface area contributed by atoms with E-state index in [-0.39, 0.29) is 35.5 Å². The zero-order valence-corrected chi connectivity index (χ0v) is 13.8. The molecule has 5 aliphatic rings. The number of allylic oxidation sites excluding steroid dienone is 2. The predicted octanol–water partition coefficient (Wildman–Crippen LogP) is 3.32. The van der Waals surface area contributed by atoms with E-state index in [2.05, 4.69) is 28.1 Å². The van der Waals surface area contributed by atoms with E-state index in [1.807, 2.05) is 25.1 Å². The standard InChI is InChI=1S/C18H16BrNO2/c1-8-6-9(2-5-14(8)19)20-17(21)15-10-3-4-11(13-7-12(10)13)16(15)18(20)22/h2-6,10-13,15-16H,7H2,1H3/t10-,11-,12-,13-,15-,16+/m0/s1. The molecule has 1 heterocycles. The summed E-state index contributed by atoms with van der Waals surface area (Å²) >= 11 is 3.47. The second-order valence-corrected chi connectivity index (χ2v) is 7.95. The van der Waals surface area contributed by atoms with Crippen LogP contribution in [0.4, 0.5) is 5.69 Å². The van der Waals surface area contributed by atoms with Crippen LogP contribution in [0.3, 0.4) is 0 Å². The number of nitrogens with zero attached hydrogens (tertiary/aromatic N) is 1. The fraction of sp³-hybridized carbons (Fsp3) is 0.444. The number of hydrogen-bond acceptors (Lipinski definition) is 2. The first-order valence-corrected chi connectivity index (χ1v) is 8.69. The Morgan fingerprint density at radius 1 is 1.05 bits per heavy atom.